The molecule has 20 heavy (non-hydrogen) atoms. The van der Waals surface area contributed by atoms with Crippen molar-refractivity contribution in [2.75, 3.05) is 20.3 Å². The zero-order valence-electron chi connectivity index (χ0n) is 11.7. The van der Waals surface area contributed by atoms with Crippen LogP contribution in [0.2, 0.25) is 0 Å². The van der Waals surface area contributed by atoms with Gasteiger partial charge in [0.2, 0.25) is 0 Å². The summed E-state index contributed by atoms with van der Waals surface area (Å²) in [5.74, 6) is 0.772. The highest BCUT2D eigenvalue weighted by Gasteiger charge is 2.10. The van der Waals surface area contributed by atoms with E-state index >= 15 is 0 Å². The molecule has 0 aliphatic carbocycles. The number of aromatic nitrogens is 2. The molecule has 0 aliphatic heterocycles. The second-order valence-electron chi connectivity index (χ2n) is 4.27. The van der Waals surface area contributed by atoms with Crippen LogP contribution in [0.5, 0.6) is 5.75 Å². The largest absolute Gasteiger partial charge is 0.491 e. The summed E-state index contributed by atoms with van der Waals surface area (Å²) in [7, 11) is 1.64. The minimum Gasteiger partial charge on any atom is -0.491 e. The van der Waals surface area contributed by atoms with Crippen LogP contribution < -0.4 is 4.74 Å². The van der Waals surface area contributed by atoms with E-state index in [1.54, 1.807) is 18.0 Å². The first-order valence-corrected chi connectivity index (χ1v) is 6.53. The van der Waals surface area contributed by atoms with Crippen molar-refractivity contribution in [2.24, 2.45) is 0 Å². The first-order chi connectivity index (χ1) is 9.78. The van der Waals surface area contributed by atoms with Gasteiger partial charge in [0.05, 0.1) is 12.2 Å². The van der Waals surface area contributed by atoms with E-state index in [-0.39, 0.29) is 0 Å². The van der Waals surface area contributed by atoms with Gasteiger partial charge in [-0.2, -0.15) is 5.10 Å². The highest BCUT2D eigenvalue weighted by molar-refractivity contribution is 5.85. The van der Waals surface area contributed by atoms with Gasteiger partial charge in [-0.3, -0.25) is 9.48 Å². The smallest absolute Gasteiger partial charge is 0.153 e. The van der Waals surface area contributed by atoms with Crippen LogP contribution in [0.25, 0.3) is 11.3 Å². The molecule has 0 aliphatic rings. The van der Waals surface area contributed by atoms with E-state index < -0.39 is 0 Å². The summed E-state index contributed by atoms with van der Waals surface area (Å²) in [6, 6.07) is 7.53. The van der Waals surface area contributed by atoms with Gasteiger partial charge >= 0.3 is 0 Å². The molecule has 0 unspecified atom stereocenters. The van der Waals surface area contributed by atoms with Gasteiger partial charge in [0, 0.05) is 25.4 Å². The van der Waals surface area contributed by atoms with Crippen molar-refractivity contribution in [3.05, 3.63) is 36.0 Å². The first-order valence-electron chi connectivity index (χ1n) is 6.53. The summed E-state index contributed by atoms with van der Waals surface area (Å²) in [5, 5.41) is 4.40. The Hall–Kier alpha value is -2.14. The van der Waals surface area contributed by atoms with Crippen molar-refractivity contribution in [2.45, 2.75) is 13.5 Å². The Morgan fingerprint density at radius 1 is 1.25 bits per heavy atom. The van der Waals surface area contributed by atoms with Crippen molar-refractivity contribution in [3.63, 3.8) is 0 Å². The molecule has 0 saturated heterocycles. The van der Waals surface area contributed by atoms with Crippen LogP contribution in [0.3, 0.4) is 0 Å². The molecule has 2 aromatic rings. The molecular formula is C15H18N2O3. The number of ether oxygens (including phenoxy) is 2. The van der Waals surface area contributed by atoms with Crippen molar-refractivity contribution in [3.8, 4) is 17.0 Å². The number of carbonyl (C=O) groups is 1. The highest BCUT2D eigenvalue weighted by Crippen LogP contribution is 2.23. The van der Waals surface area contributed by atoms with Gasteiger partial charge < -0.3 is 9.47 Å². The molecule has 0 fully saturated rings. The molecule has 1 aromatic heterocycles. The number of nitrogens with zero attached hydrogens (tertiary/aromatic N) is 2. The molecule has 0 amide bonds. The maximum atomic E-state index is 11.1. The fourth-order valence-electron chi connectivity index (χ4n) is 1.86. The van der Waals surface area contributed by atoms with Crippen LogP contribution in [0.4, 0.5) is 0 Å². The summed E-state index contributed by atoms with van der Waals surface area (Å²) in [5.41, 5.74) is 2.20. The zero-order chi connectivity index (χ0) is 14.4. The van der Waals surface area contributed by atoms with Gasteiger partial charge in [-0.05, 0) is 31.2 Å². The van der Waals surface area contributed by atoms with E-state index in [4.69, 9.17) is 9.47 Å². The van der Waals surface area contributed by atoms with Gasteiger partial charge in [0.1, 0.15) is 18.1 Å². The topological polar surface area (TPSA) is 53.4 Å². The predicted molar refractivity (Wildman–Crippen MR) is 76.1 cm³/mol. The quantitative estimate of drug-likeness (QED) is 0.574. The van der Waals surface area contributed by atoms with E-state index in [9.17, 15) is 4.79 Å². The molecule has 0 spiro atoms. The third-order valence-corrected chi connectivity index (χ3v) is 2.92. The SMILES string of the molecule is CCn1cc(C=O)c(-c2ccc(OCCOC)cc2)n1. The standard InChI is InChI=1S/C15H18N2O3/c1-3-17-10-13(11-18)15(16-17)12-4-6-14(7-5-12)20-9-8-19-2/h4-7,10-11H,3,8-9H2,1-2H3. The molecule has 5 nitrogen and oxygen atoms in total. The summed E-state index contributed by atoms with van der Waals surface area (Å²) in [4.78, 5) is 11.1. The maximum Gasteiger partial charge on any atom is 0.153 e. The minimum absolute atomic E-state index is 0.514. The van der Waals surface area contributed by atoms with Gasteiger partial charge in [-0.1, -0.05) is 0 Å². The molecule has 1 heterocycles. The number of hydrogen-bond donors (Lipinski definition) is 0. The first kappa shape index (κ1) is 14.3. The third kappa shape index (κ3) is 3.24. The minimum atomic E-state index is 0.514. The summed E-state index contributed by atoms with van der Waals surface area (Å²) < 4.78 is 12.2. The van der Waals surface area contributed by atoms with Crippen molar-refractivity contribution < 1.29 is 14.3 Å². The Labute approximate surface area is 118 Å². The second-order valence-corrected chi connectivity index (χ2v) is 4.27. The monoisotopic (exact) mass is 274 g/mol. The lowest BCUT2D eigenvalue weighted by Crippen LogP contribution is -2.03. The number of rotatable bonds is 7. The number of methoxy groups -OCH3 is 1. The number of benzene rings is 1. The summed E-state index contributed by atoms with van der Waals surface area (Å²) in [6.45, 7) is 3.79. The van der Waals surface area contributed by atoms with Crippen LogP contribution >= 0.6 is 0 Å². The van der Waals surface area contributed by atoms with E-state index in [0.717, 1.165) is 24.1 Å². The number of carbonyl (C=O) groups excluding carboxylic acids is 1. The summed E-state index contributed by atoms with van der Waals surface area (Å²) in [6.07, 6.45) is 2.59. The zero-order valence-corrected chi connectivity index (χ0v) is 11.7. The van der Waals surface area contributed by atoms with Crippen molar-refractivity contribution in [1.29, 1.82) is 0 Å². The second kappa shape index (κ2) is 6.86. The number of aryl methyl sites for hydroxylation is 1. The molecule has 0 N–H and O–H groups in total. The third-order valence-electron chi connectivity index (χ3n) is 2.92. The number of hydrogen-bond acceptors (Lipinski definition) is 4. The van der Waals surface area contributed by atoms with E-state index in [1.807, 2.05) is 31.2 Å². The summed E-state index contributed by atoms with van der Waals surface area (Å²) >= 11 is 0. The average molecular weight is 274 g/mol. The maximum absolute atomic E-state index is 11.1. The Morgan fingerprint density at radius 2 is 2.00 bits per heavy atom. The molecule has 5 heteroatoms. The van der Waals surface area contributed by atoms with Gasteiger partial charge in [-0.25, -0.2) is 0 Å². The lowest BCUT2D eigenvalue weighted by molar-refractivity contribution is 0.112. The lowest BCUT2D eigenvalue weighted by Gasteiger charge is -2.06. The molecule has 0 bridgehead atoms. The Balaban J connectivity index is 2.17. The Kier molecular flexibility index (Phi) is 4.90. The van der Waals surface area contributed by atoms with Gasteiger partial charge in [0.25, 0.3) is 0 Å². The fraction of sp³-hybridized carbons (Fsp3) is 0.333. The highest BCUT2D eigenvalue weighted by atomic mass is 16.5. The van der Waals surface area contributed by atoms with Crippen molar-refractivity contribution in [1.82, 2.24) is 9.78 Å². The van der Waals surface area contributed by atoms with Gasteiger partial charge in [0.15, 0.2) is 6.29 Å². The Morgan fingerprint density at radius 3 is 2.60 bits per heavy atom. The normalized spacial score (nSPS) is 10.5. The van der Waals surface area contributed by atoms with E-state index in [0.29, 0.717) is 24.5 Å². The van der Waals surface area contributed by atoms with E-state index in [1.165, 1.54) is 0 Å². The Bertz CT molecular complexity index is 561. The molecular weight excluding hydrogens is 256 g/mol. The molecule has 2 rings (SSSR count). The molecule has 0 atom stereocenters. The van der Waals surface area contributed by atoms with Gasteiger partial charge in [-0.15, -0.1) is 0 Å². The van der Waals surface area contributed by atoms with Crippen LogP contribution in [0, 0.1) is 0 Å². The average Bonchev–Trinajstić information content (AvgIpc) is 2.91. The van der Waals surface area contributed by atoms with Crippen molar-refractivity contribution >= 4 is 6.29 Å². The van der Waals surface area contributed by atoms with Crippen LogP contribution in [0.1, 0.15) is 17.3 Å². The van der Waals surface area contributed by atoms with Crippen LogP contribution in [-0.2, 0) is 11.3 Å². The number of aldehydes is 1. The van der Waals surface area contributed by atoms with Crippen LogP contribution in [0.15, 0.2) is 30.5 Å². The van der Waals surface area contributed by atoms with E-state index in [2.05, 4.69) is 5.10 Å². The molecule has 0 radical (unpaired) electrons. The van der Waals surface area contributed by atoms with Crippen LogP contribution in [-0.4, -0.2) is 36.4 Å². The predicted octanol–water partition coefficient (Wildman–Crippen LogP) is 2.41. The lowest BCUT2D eigenvalue weighted by atomic mass is 10.1. The molecule has 106 valence electrons. The molecule has 1 aromatic carbocycles. The fourth-order valence-corrected chi connectivity index (χ4v) is 1.86. The molecule has 0 saturated carbocycles.